The number of sulfonamides is 1. The Bertz CT molecular complexity index is 454. The molecular weight excluding hydrogens is 226 g/mol. The molecule has 0 bridgehead atoms. The third-order valence-electron chi connectivity index (χ3n) is 2.35. The smallest absolute Gasteiger partial charge is 0.241 e. The summed E-state index contributed by atoms with van der Waals surface area (Å²) in [4.78, 5) is 0.0589. The number of benzene rings is 1. The van der Waals surface area contributed by atoms with Gasteiger partial charge in [-0.3, -0.25) is 0 Å². The van der Waals surface area contributed by atoms with E-state index in [4.69, 9.17) is 9.88 Å². The fourth-order valence-electron chi connectivity index (χ4n) is 1.48. The first-order valence-electron chi connectivity index (χ1n) is 5.18. The van der Waals surface area contributed by atoms with Crippen molar-refractivity contribution < 1.29 is 13.2 Å². The molecule has 0 radical (unpaired) electrons. The van der Waals surface area contributed by atoms with E-state index in [1.165, 1.54) is 7.11 Å². The highest BCUT2D eigenvalue weighted by molar-refractivity contribution is 7.89. The van der Waals surface area contributed by atoms with Crippen molar-refractivity contribution in [2.24, 2.45) is 5.14 Å². The van der Waals surface area contributed by atoms with Gasteiger partial charge in [0.05, 0.1) is 7.11 Å². The Morgan fingerprint density at radius 3 is 2.56 bits per heavy atom. The van der Waals surface area contributed by atoms with Crippen molar-refractivity contribution in [1.82, 2.24) is 0 Å². The average molecular weight is 243 g/mol. The van der Waals surface area contributed by atoms with Crippen LogP contribution in [0.5, 0.6) is 5.75 Å². The van der Waals surface area contributed by atoms with Crippen LogP contribution in [0.25, 0.3) is 0 Å². The van der Waals surface area contributed by atoms with E-state index in [9.17, 15) is 8.42 Å². The zero-order valence-electron chi connectivity index (χ0n) is 9.56. The predicted molar refractivity (Wildman–Crippen MR) is 63.0 cm³/mol. The van der Waals surface area contributed by atoms with Crippen molar-refractivity contribution in [2.45, 2.75) is 31.1 Å². The maximum Gasteiger partial charge on any atom is 0.241 e. The minimum absolute atomic E-state index is 0.0589. The number of unbranched alkanes of at least 4 members (excludes halogenated alkanes) is 1. The molecular formula is C11H17NO3S. The summed E-state index contributed by atoms with van der Waals surface area (Å²) >= 11 is 0. The number of rotatable bonds is 5. The van der Waals surface area contributed by atoms with E-state index in [-0.39, 0.29) is 4.90 Å². The molecule has 0 heterocycles. The van der Waals surface area contributed by atoms with Crippen LogP contribution in [0.15, 0.2) is 23.1 Å². The van der Waals surface area contributed by atoms with Crippen molar-refractivity contribution in [1.29, 1.82) is 0 Å². The fourth-order valence-corrected chi connectivity index (χ4v) is 2.23. The molecule has 0 atom stereocenters. The van der Waals surface area contributed by atoms with Gasteiger partial charge >= 0.3 is 0 Å². The number of hydrogen-bond acceptors (Lipinski definition) is 3. The van der Waals surface area contributed by atoms with E-state index in [2.05, 4.69) is 6.92 Å². The second-order valence-electron chi connectivity index (χ2n) is 3.63. The summed E-state index contributed by atoms with van der Waals surface area (Å²) in [6.07, 6.45) is 2.94. The number of nitrogens with two attached hydrogens (primary N) is 1. The van der Waals surface area contributed by atoms with Gasteiger partial charge in [-0.1, -0.05) is 19.4 Å². The molecule has 0 saturated heterocycles. The normalized spacial score (nSPS) is 11.4. The molecule has 4 nitrogen and oxygen atoms in total. The highest BCUT2D eigenvalue weighted by atomic mass is 32.2. The largest absolute Gasteiger partial charge is 0.495 e. The molecule has 1 aromatic rings. The van der Waals surface area contributed by atoms with Gasteiger partial charge in [-0.25, -0.2) is 13.6 Å². The zero-order valence-corrected chi connectivity index (χ0v) is 10.4. The van der Waals surface area contributed by atoms with Gasteiger partial charge in [-0.2, -0.15) is 0 Å². The number of aryl methyl sites for hydroxylation is 1. The second-order valence-corrected chi connectivity index (χ2v) is 5.16. The lowest BCUT2D eigenvalue weighted by Crippen LogP contribution is -2.13. The van der Waals surface area contributed by atoms with Gasteiger partial charge in [0.1, 0.15) is 10.6 Å². The summed E-state index contributed by atoms with van der Waals surface area (Å²) < 4.78 is 27.6. The molecule has 16 heavy (non-hydrogen) atoms. The van der Waals surface area contributed by atoms with Crippen LogP contribution in [0.4, 0.5) is 0 Å². The number of methoxy groups -OCH3 is 1. The maximum atomic E-state index is 11.3. The molecule has 2 N–H and O–H groups in total. The first-order valence-corrected chi connectivity index (χ1v) is 6.73. The minimum atomic E-state index is -3.72. The Hall–Kier alpha value is -1.07. The summed E-state index contributed by atoms with van der Waals surface area (Å²) in [7, 11) is -2.29. The SMILES string of the molecule is CCCCc1ccc(OC)c(S(N)(=O)=O)c1. The van der Waals surface area contributed by atoms with E-state index in [0.717, 1.165) is 24.8 Å². The molecule has 1 aromatic carbocycles. The van der Waals surface area contributed by atoms with Crippen LogP contribution >= 0.6 is 0 Å². The molecule has 0 amide bonds. The van der Waals surface area contributed by atoms with Crippen LogP contribution in [0.3, 0.4) is 0 Å². The first kappa shape index (κ1) is 13.0. The molecule has 0 saturated carbocycles. The van der Waals surface area contributed by atoms with Crippen molar-refractivity contribution in [2.75, 3.05) is 7.11 Å². The van der Waals surface area contributed by atoms with Gasteiger partial charge in [0.2, 0.25) is 10.0 Å². The first-order chi connectivity index (χ1) is 7.49. The number of ether oxygens (including phenoxy) is 1. The van der Waals surface area contributed by atoms with Crippen molar-refractivity contribution >= 4 is 10.0 Å². The summed E-state index contributed by atoms with van der Waals surface area (Å²) in [5, 5.41) is 5.12. The van der Waals surface area contributed by atoms with E-state index in [0.29, 0.717) is 5.75 Å². The molecule has 5 heteroatoms. The van der Waals surface area contributed by atoms with Crippen molar-refractivity contribution in [3.8, 4) is 5.75 Å². The lowest BCUT2D eigenvalue weighted by molar-refractivity contribution is 0.402. The Labute approximate surface area is 96.5 Å². The van der Waals surface area contributed by atoms with E-state index in [1.807, 2.05) is 6.07 Å². The van der Waals surface area contributed by atoms with E-state index < -0.39 is 10.0 Å². The predicted octanol–water partition coefficient (Wildman–Crippen LogP) is 1.69. The molecule has 0 aliphatic rings. The topological polar surface area (TPSA) is 69.4 Å². The molecule has 1 rings (SSSR count). The van der Waals surface area contributed by atoms with E-state index >= 15 is 0 Å². The molecule has 0 aromatic heterocycles. The van der Waals surface area contributed by atoms with Crippen LogP contribution in [0.2, 0.25) is 0 Å². The molecule has 0 aliphatic heterocycles. The van der Waals surface area contributed by atoms with Crippen molar-refractivity contribution in [3.63, 3.8) is 0 Å². The Morgan fingerprint density at radius 2 is 2.06 bits per heavy atom. The van der Waals surface area contributed by atoms with Gasteiger partial charge in [0, 0.05) is 0 Å². The lowest BCUT2D eigenvalue weighted by Gasteiger charge is -2.08. The summed E-state index contributed by atoms with van der Waals surface area (Å²) in [6, 6.07) is 5.09. The zero-order chi connectivity index (χ0) is 12.2. The molecule has 90 valence electrons. The molecule has 0 fully saturated rings. The van der Waals surface area contributed by atoms with Gasteiger partial charge < -0.3 is 4.74 Å². The Kier molecular flexibility index (Phi) is 4.32. The van der Waals surface area contributed by atoms with Crippen LogP contribution in [-0.4, -0.2) is 15.5 Å². The number of hydrogen-bond donors (Lipinski definition) is 1. The second kappa shape index (κ2) is 5.32. The van der Waals surface area contributed by atoms with Crippen molar-refractivity contribution in [3.05, 3.63) is 23.8 Å². The summed E-state index contributed by atoms with van der Waals surface area (Å²) in [6.45, 7) is 2.09. The Balaban J connectivity index is 3.12. The van der Waals surface area contributed by atoms with Crippen LogP contribution in [0.1, 0.15) is 25.3 Å². The fraction of sp³-hybridized carbons (Fsp3) is 0.455. The molecule has 0 spiro atoms. The molecule has 0 unspecified atom stereocenters. The van der Waals surface area contributed by atoms with Gasteiger partial charge in [0.25, 0.3) is 0 Å². The highest BCUT2D eigenvalue weighted by Gasteiger charge is 2.15. The monoisotopic (exact) mass is 243 g/mol. The third kappa shape index (κ3) is 3.21. The maximum absolute atomic E-state index is 11.3. The quantitative estimate of drug-likeness (QED) is 0.855. The highest BCUT2D eigenvalue weighted by Crippen LogP contribution is 2.24. The summed E-state index contributed by atoms with van der Waals surface area (Å²) in [5.41, 5.74) is 0.965. The molecule has 0 aliphatic carbocycles. The van der Waals surface area contributed by atoms with Crippen LogP contribution < -0.4 is 9.88 Å². The van der Waals surface area contributed by atoms with Gasteiger partial charge in [0.15, 0.2) is 0 Å². The lowest BCUT2D eigenvalue weighted by atomic mass is 10.1. The van der Waals surface area contributed by atoms with Gasteiger partial charge in [-0.05, 0) is 30.5 Å². The van der Waals surface area contributed by atoms with Crippen LogP contribution in [-0.2, 0) is 16.4 Å². The van der Waals surface area contributed by atoms with Gasteiger partial charge in [-0.15, -0.1) is 0 Å². The summed E-state index contributed by atoms with van der Waals surface area (Å²) in [5.74, 6) is 0.294. The minimum Gasteiger partial charge on any atom is -0.495 e. The average Bonchev–Trinajstić information content (AvgIpc) is 2.24. The third-order valence-corrected chi connectivity index (χ3v) is 3.29. The number of primary sulfonamides is 1. The standard InChI is InChI=1S/C11H17NO3S/c1-3-4-5-9-6-7-10(15-2)11(8-9)16(12,13)14/h6-8H,3-5H2,1-2H3,(H2,12,13,14). The van der Waals surface area contributed by atoms with E-state index in [1.54, 1.807) is 12.1 Å². The Morgan fingerprint density at radius 1 is 1.38 bits per heavy atom. The van der Waals surface area contributed by atoms with Crippen LogP contribution in [0, 0.1) is 0 Å².